The molecule has 0 aromatic heterocycles. The highest BCUT2D eigenvalue weighted by molar-refractivity contribution is 5.75. The molecule has 0 atom stereocenters. The highest BCUT2D eigenvalue weighted by atomic mass is 19.1. The number of nitrogens with two attached hydrogens (primary N) is 1. The van der Waals surface area contributed by atoms with E-state index >= 15 is 0 Å². The van der Waals surface area contributed by atoms with Gasteiger partial charge >= 0.3 is 0 Å². The minimum absolute atomic E-state index is 0.0678. The second-order valence-electron chi connectivity index (χ2n) is 4.82. The maximum Gasteiger partial charge on any atom is 0.222 e. The first kappa shape index (κ1) is 16.4. The Morgan fingerprint density at radius 1 is 1.35 bits per heavy atom. The van der Waals surface area contributed by atoms with Gasteiger partial charge in [-0.3, -0.25) is 4.79 Å². The van der Waals surface area contributed by atoms with Crippen molar-refractivity contribution in [2.45, 2.75) is 32.2 Å². The zero-order valence-electron chi connectivity index (χ0n) is 12.2. The Hall–Kier alpha value is -1.62. The number of unbranched alkanes of at least 4 members (excludes halogenated alkanes) is 2. The van der Waals surface area contributed by atoms with Gasteiger partial charge in [-0.25, -0.2) is 4.39 Å². The van der Waals surface area contributed by atoms with Crippen LogP contribution in [-0.4, -0.2) is 31.5 Å². The van der Waals surface area contributed by atoms with Crippen LogP contribution in [0.25, 0.3) is 0 Å². The summed E-state index contributed by atoms with van der Waals surface area (Å²) >= 11 is 0. The zero-order chi connectivity index (χ0) is 15.0. The first-order valence-electron chi connectivity index (χ1n) is 6.85. The number of methoxy groups -OCH3 is 1. The molecular weight excluding hydrogens is 259 g/mol. The van der Waals surface area contributed by atoms with Gasteiger partial charge in [-0.15, -0.1) is 0 Å². The number of amides is 1. The molecule has 0 aliphatic carbocycles. The van der Waals surface area contributed by atoms with Crippen molar-refractivity contribution in [3.05, 3.63) is 29.6 Å². The lowest BCUT2D eigenvalue weighted by Gasteiger charge is -2.17. The number of rotatable bonds is 8. The van der Waals surface area contributed by atoms with E-state index in [0.717, 1.165) is 24.8 Å². The van der Waals surface area contributed by atoms with E-state index in [0.29, 0.717) is 19.5 Å². The molecule has 0 aliphatic rings. The molecule has 5 heteroatoms. The molecule has 0 bridgehead atoms. The monoisotopic (exact) mass is 282 g/mol. The molecule has 4 nitrogen and oxygen atoms in total. The van der Waals surface area contributed by atoms with Crippen LogP contribution in [0.3, 0.4) is 0 Å². The number of hydrogen-bond acceptors (Lipinski definition) is 3. The predicted molar refractivity (Wildman–Crippen MR) is 76.9 cm³/mol. The molecule has 1 rings (SSSR count). The Kier molecular flexibility index (Phi) is 7.01. The van der Waals surface area contributed by atoms with Crippen LogP contribution in [0.15, 0.2) is 18.2 Å². The lowest BCUT2D eigenvalue weighted by Crippen LogP contribution is -2.25. The molecule has 20 heavy (non-hydrogen) atoms. The van der Waals surface area contributed by atoms with E-state index in [-0.39, 0.29) is 11.7 Å². The fraction of sp³-hybridized carbons (Fsp3) is 0.533. The van der Waals surface area contributed by atoms with Gasteiger partial charge in [0.05, 0.1) is 7.11 Å². The average Bonchev–Trinajstić information content (AvgIpc) is 2.43. The highest BCUT2D eigenvalue weighted by Crippen LogP contribution is 2.18. The molecule has 0 spiro atoms. The van der Waals surface area contributed by atoms with E-state index in [1.54, 1.807) is 24.1 Å². The third kappa shape index (κ3) is 5.17. The molecule has 0 unspecified atom stereocenters. The smallest absolute Gasteiger partial charge is 0.222 e. The summed E-state index contributed by atoms with van der Waals surface area (Å²) in [4.78, 5) is 13.5. The van der Waals surface area contributed by atoms with Crippen molar-refractivity contribution in [3.8, 4) is 5.75 Å². The lowest BCUT2D eigenvalue weighted by atomic mass is 10.1. The van der Waals surface area contributed by atoms with Crippen LogP contribution in [0, 0.1) is 5.82 Å². The number of carbonyl (C=O) groups is 1. The van der Waals surface area contributed by atoms with Crippen LogP contribution in [-0.2, 0) is 11.3 Å². The summed E-state index contributed by atoms with van der Waals surface area (Å²) in [6.45, 7) is 1.06. The van der Waals surface area contributed by atoms with E-state index in [2.05, 4.69) is 0 Å². The number of benzene rings is 1. The van der Waals surface area contributed by atoms with Gasteiger partial charge in [-0.2, -0.15) is 0 Å². The van der Waals surface area contributed by atoms with Crippen LogP contribution in [0.2, 0.25) is 0 Å². The van der Waals surface area contributed by atoms with Crippen molar-refractivity contribution >= 4 is 5.91 Å². The number of nitrogens with zero attached hydrogens (tertiary/aromatic N) is 1. The van der Waals surface area contributed by atoms with E-state index in [1.165, 1.54) is 13.2 Å². The number of halogens is 1. The molecule has 0 fully saturated rings. The Balaban J connectivity index is 2.46. The Bertz CT molecular complexity index is 438. The standard InChI is InChI=1S/C15H23FN2O2/c1-18(15(19)6-4-3-5-9-17)11-12-7-8-14(20-2)13(16)10-12/h7-8,10H,3-6,9,11,17H2,1-2H3. The van der Waals surface area contributed by atoms with Gasteiger partial charge in [-0.1, -0.05) is 12.5 Å². The van der Waals surface area contributed by atoms with Gasteiger partial charge in [0.1, 0.15) is 0 Å². The van der Waals surface area contributed by atoms with Gasteiger partial charge in [0.25, 0.3) is 0 Å². The molecular formula is C15H23FN2O2. The summed E-state index contributed by atoms with van der Waals surface area (Å²) in [6, 6.07) is 4.74. The van der Waals surface area contributed by atoms with Gasteiger partial charge in [-0.05, 0) is 37.1 Å². The van der Waals surface area contributed by atoms with Crippen LogP contribution >= 0.6 is 0 Å². The summed E-state index contributed by atoms with van der Waals surface area (Å²) in [7, 11) is 3.16. The Morgan fingerprint density at radius 2 is 2.10 bits per heavy atom. The van der Waals surface area contributed by atoms with Crippen molar-refractivity contribution in [2.75, 3.05) is 20.7 Å². The van der Waals surface area contributed by atoms with Crippen LogP contribution < -0.4 is 10.5 Å². The topological polar surface area (TPSA) is 55.6 Å². The molecule has 0 saturated carbocycles. The van der Waals surface area contributed by atoms with Crippen molar-refractivity contribution in [1.29, 1.82) is 0 Å². The first-order chi connectivity index (χ1) is 9.58. The van der Waals surface area contributed by atoms with Crippen LogP contribution in [0.1, 0.15) is 31.2 Å². The molecule has 0 saturated heterocycles. The van der Waals surface area contributed by atoms with Crippen molar-refractivity contribution in [2.24, 2.45) is 5.73 Å². The molecule has 1 amide bonds. The first-order valence-corrected chi connectivity index (χ1v) is 6.85. The molecule has 0 radical (unpaired) electrons. The quantitative estimate of drug-likeness (QED) is 0.744. The van der Waals surface area contributed by atoms with Gasteiger partial charge in [0.15, 0.2) is 11.6 Å². The second-order valence-corrected chi connectivity index (χ2v) is 4.82. The predicted octanol–water partition coefficient (Wildman–Crippen LogP) is 2.31. The SMILES string of the molecule is COc1ccc(CN(C)C(=O)CCCCCN)cc1F. The fourth-order valence-corrected chi connectivity index (χ4v) is 1.96. The molecule has 1 aromatic carbocycles. The van der Waals surface area contributed by atoms with E-state index in [9.17, 15) is 9.18 Å². The number of ether oxygens (including phenoxy) is 1. The van der Waals surface area contributed by atoms with E-state index in [1.807, 2.05) is 0 Å². The van der Waals surface area contributed by atoms with Crippen molar-refractivity contribution in [1.82, 2.24) is 4.90 Å². The Morgan fingerprint density at radius 3 is 2.70 bits per heavy atom. The van der Waals surface area contributed by atoms with Gasteiger partial charge in [0, 0.05) is 20.0 Å². The van der Waals surface area contributed by atoms with Gasteiger partial charge < -0.3 is 15.4 Å². The average molecular weight is 282 g/mol. The van der Waals surface area contributed by atoms with E-state index in [4.69, 9.17) is 10.5 Å². The third-order valence-corrected chi connectivity index (χ3v) is 3.16. The van der Waals surface area contributed by atoms with Crippen LogP contribution in [0.4, 0.5) is 4.39 Å². The molecule has 1 aromatic rings. The molecule has 112 valence electrons. The summed E-state index contributed by atoms with van der Waals surface area (Å²) in [6.07, 6.45) is 3.26. The summed E-state index contributed by atoms with van der Waals surface area (Å²) in [5.41, 5.74) is 6.16. The zero-order valence-corrected chi connectivity index (χ0v) is 12.2. The largest absolute Gasteiger partial charge is 0.494 e. The molecule has 0 heterocycles. The minimum atomic E-state index is -0.409. The maximum absolute atomic E-state index is 13.5. The third-order valence-electron chi connectivity index (χ3n) is 3.16. The van der Waals surface area contributed by atoms with E-state index < -0.39 is 5.82 Å². The number of hydrogen-bond donors (Lipinski definition) is 1. The number of carbonyl (C=O) groups excluding carboxylic acids is 1. The summed E-state index contributed by atoms with van der Waals surface area (Å²) < 4.78 is 18.4. The normalized spacial score (nSPS) is 10.4. The fourth-order valence-electron chi connectivity index (χ4n) is 1.96. The van der Waals surface area contributed by atoms with Crippen molar-refractivity contribution < 1.29 is 13.9 Å². The van der Waals surface area contributed by atoms with Gasteiger partial charge in [0.2, 0.25) is 5.91 Å². The Labute approximate surface area is 119 Å². The van der Waals surface area contributed by atoms with Crippen molar-refractivity contribution in [3.63, 3.8) is 0 Å². The lowest BCUT2D eigenvalue weighted by molar-refractivity contribution is -0.130. The minimum Gasteiger partial charge on any atom is -0.494 e. The summed E-state index contributed by atoms with van der Waals surface area (Å²) in [5.74, 6) is -0.128. The highest BCUT2D eigenvalue weighted by Gasteiger charge is 2.10. The molecule has 2 N–H and O–H groups in total. The maximum atomic E-state index is 13.5. The van der Waals surface area contributed by atoms with Crippen LogP contribution in [0.5, 0.6) is 5.75 Å². The molecule has 0 aliphatic heterocycles. The summed E-state index contributed by atoms with van der Waals surface area (Å²) in [5, 5.41) is 0. The second kappa shape index (κ2) is 8.53.